The van der Waals surface area contributed by atoms with Gasteiger partial charge in [-0.25, -0.2) is 4.79 Å². The molecule has 5 heteroatoms. The van der Waals surface area contributed by atoms with Gasteiger partial charge in [0.2, 0.25) is 5.91 Å². The van der Waals surface area contributed by atoms with Crippen LogP contribution in [-0.2, 0) is 9.53 Å². The van der Waals surface area contributed by atoms with Gasteiger partial charge >= 0.3 is 6.09 Å². The van der Waals surface area contributed by atoms with E-state index in [1.54, 1.807) is 4.90 Å². The van der Waals surface area contributed by atoms with Crippen LogP contribution in [-0.4, -0.2) is 42.1 Å². The molecule has 0 spiro atoms. The second kappa shape index (κ2) is 4.31. The van der Waals surface area contributed by atoms with E-state index < -0.39 is 0 Å². The first-order chi connectivity index (χ1) is 7.58. The highest BCUT2D eigenvalue weighted by Crippen LogP contribution is 2.30. The lowest BCUT2D eigenvalue weighted by molar-refractivity contribution is -0.124. The largest absolute Gasteiger partial charge is 0.442 e. The predicted octanol–water partition coefficient (Wildman–Crippen LogP) is 0.742. The van der Waals surface area contributed by atoms with Gasteiger partial charge in [-0.1, -0.05) is 13.8 Å². The highest BCUT2D eigenvalue weighted by Gasteiger charge is 2.40. The summed E-state index contributed by atoms with van der Waals surface area (Å²) in [6.07, 6.45) is 1.75. The number of ether oxygens (including phenoxy) is 1. The molecule has 2 aliphatic rings. The standard InChI is InChI=1S/C11H18N2O3/c1-7(2)10(14)12-5-9-6-13(8-3-4-8)11(15)16-9/h7-9H,3-6H2,1-2H3,(H,12,14). The number of hydrogen-bond donors (Lipinski definition) is 1. The Labute approximate surface area is 95.1 Å². The first kappa shape index (κ1) is 11.2. The maximum absolute atomic E-state index is 11.4. The number of amides is 2. The summed E-state index contributed by atoms with van der Waals surface area (Å²) in [6, 6.07) is 0.387. The van der Waals surface area contributed by atoms with Crippen molar-refractivity contribution in [3.63, 3.8) is 0 Å². The molecule has 1 aliphatic heterocycles. The fraction of sp³-hybridized carbons (Fsp3) is 0.818. The van der Waals surface area contributed by atoms with Gasteiger partial charge in [0.05, 0.1) is 13.1 Å². The summed E-state index contributed by atoms with van der Waals surface area (Å²) >= 11 is 0. The monoisotopic (exact) mass is 226 g/mol. The van der Waals surface area contributed by atoms with Crippen molar-refractivity contribution in [2.24, 2.45) is 5.92 Å². The molecule has 1 atom stereocenters. The summed E-state index contributed by atoms with van der Waals surface area (Å²) in [4.78, 5) is 24.5. The lowest BCUT2D eigenvalue weighted by Crippen LogP contribution is -2.36. The molecule has 90 valence electrons. The minimum Gasteiger partial charge on any atom is -0.442 e. The highest BCUT2D eigenvalue weighted by molar-refractivity contribution is 5.78. The van der Waals surface area contributed by atoms with Crippen LogP contribution in [0.4, 0.5) is 4.79 Å². The first-order valence-corrected chi connectivity index (χ1v) is 5.83. The van der Waals surface area contributed by atoms with E-state index in [1.165, 1.54) is 0 Å². The number of hydrogen-bond acceptors (Lipinski definition) is 3. The number of cyclic esters (lactones) is 1. The van der Waals surface area contributed by atoms with Crippen LogP contribution in [0.25, 0.3) is 0 Å². The zero-order valence-corrected chi connectivity index (χ0v) is 9.73. The van der Waals surface area contributed by atoms with Crippen molar-refractivity contribution in [2.45, 2.75) is 38.8 Å². The lowest BCUT2D eigenvalue weighted by atomic mass is 10.2. The SMILES string of the molecule is CC(C)C(=O)NCC1CN(C2CC2)C(=O)O1. The topological polar surface area (TPSA) is 58.6 Å². The third kappa shape index (κ3) is 2.46. The van der Waals surface area contributed by atoms with E-state index >= 15 is 0 Å². The molecule has 1 unspecified atom stereocenters. The van der Waals surface area contributed by atoms with Crippen molar-refractivity contribution in [1.82, 2.24) is 10.2 Å². The fourth-order valence-corrected chi connectivity index (χ4v) is 1.75. The van der Waals surface area contributed by atoms with Gasteiger partial charge in [-0.15, -0.1) is 0 Å². The van der Waals surface area contributed by atoms with Gasteiger partial charge in [0.15, 0.2) is 0 Å². The van der Waals surface area contributed by atoms with Crippen molar-refractivity contribution in [3.8, 4) is 0 Å². The van der Waals surface area contributed by atoms with E-state index in [0.29, 0.717) is 19.1 Å². The van der Waals surface area contributed by atoms with Gasteiger partial charge in [0.25, 0.3) is 0 Å². The highest BCUT2D eigenvalue weighted by atomic mass is 16.6. The molecular weight excluding hydrogens is 208 g/mol. The average molecular weight is 226 g/mol. The Bertz CT molecular complexity index is 300. The number of nitrogens with zero attached hydrogens (tertiary/aromatic N) is 1. The summed E-state index contributed by atoms with van der Waals surface area (Å²) in [5.41, 5.74) is 0. The van der Waals surface area contributed by atoms with Crippen LogP contribution in [0.3, 0.4) is 0 Å². The quantitative estimate of drug-likeness (QED) is 0.769. The van der Waals surface area contributed by atoms with E-state index in [1.807, 2.05) is 13.8 Å². The molecule has 2 rings (SSSR count). The maximum Gasteiger partial charge on any atom is 0.410 e. The number of rotatable bonds is 4. The molecule has 0 aromatic rings. The van der Waals surface area contributed by atoms with E-state index in [9.17, 15) is 9.59 Å². The molecule has 0 aromatic heterocycles. The van der Waals surface area contributed by atoms with Crippen LogP contribution in [0.15, 0.2) is 0 Å². The molecular formula is C11H18N2O3. The normalized spacial score (nSPS) is 24.8. The Morgan fingerprint density at radius 2 is 2.25 bits per heavy atom. The molecule has 1 N–H and O–H groups in total. The van der Waals surface area contributed by atoms with E-state index in [-0.39, 0.29) is 24.0 Å². The smallest absolute Gasteiger partial charge is 0.410 e. The number of nitrogens with one attached hydrogen (secondary N) is 1. The van der Waals surface area contributed by atoms with Crippen LogP contribution in [0.1, 0.15) is 26.7 Å². The molecule has 5 nitrogen and oxygen atoms in total. The van der Waals surface area contributed by atoms with E-state index in [2.05, 4.69) is 5.32 Å². The zero-order chi connectivity index (χ0) is 11.7. The second-order valence-corrected chi connectivity index (χ2v) is 4.79. The Kier molecular flexibility index (Phi) is 3.03. The van der Waals surface area contributed by atoms with Crippen molar-refractivity contribution in [3.05, 3.63) is 0 Å². The number of carbonyl (C=O) groups is 2. The van der Waals surface area contributed by atoms with Crippen molar-refractivity contribution in [2.75, 3.05) is 13.1 Å². The van der Waals surface area contributed by atoms with Gasteiger partial charge in [-0.05, 0) is 12.8 Å². The molecule has 0 radical (unpaired) electrons. The third-order valence-corrected chi connectivity index (χ3v) is 2.92. The fourth-order valence-electron chi connectivity index (χ4n) is 1.75. The van der Waals surface area contributed by atoms with Crippen LogP contribution >= 0.6 is 0 Å². The Balaban J connectivity index is 1.75. The molecule has 2 fully saturated rings. The molecule has 1 saturated heterocycles. The predicted molar refractivity (Wildman–Crippen MR) is 57.8 cm³/mol. The van der Waals surface area contributed by atoms with Crippen LogP contribution < -0.4 is 5.32 Å². The van der Waals surface area contributed by atoms with Crippen LogP contribution in [0.2, 0.25) is 0 Å². The zero-order valence-electron chi connectivity index (χ0n) is 9.73. The molecule has 1 saturated carbocycles. The molecule has 0 aromatic carbocycles. The van der Waals surface area contributed by atoms with Crippen molar-refractivity contribution >= 4 is 12.0 Å². The van der Waals surface area contributed by atoms with E-state index in [0.717, 1.165) is 12.8 Å². The molecule has 0 bridgehead atoms. The molecule has 1 heterocycles. The number of carbonyl (C=O) groups excluding carboxylic acids is 2. The Morgan fingerprint density at radius 3 is 2.81 bits per heavy atom. The van der Waals surface area contributed by atoms with Crippen molar-refractivity contribution < 1.29 is 14.3 Å². The Hall–Kier alpha value is -1.26. The van der Waals surface area contributed by atoms with Crippen LogP contribution in [0.5, 0.6) is 0 Å². The Morgan fingerprint density at radius 1 is 1.56 bits per heavy atom. The maximum atomic E-state index is 11.4. The summed E-state index contributed by atoms with van der Waals surface area (Å²) in [7, 11) is 0. The molecule has 1 aliphatic carbocycles. The minimum atomic E-state index is -0.230. The molecule has 2 amide bonds. The summed E-state index contributed by atoms with van der Waals surface area (Å²) in [5.74, 6) is -0.0300. The van der Waals surface area contributed by atoms with Gasteiger partial charge in [0, 0.05) is 12.0 Å². The molecule has 16 heavy (non-hydrogen) atoms. The first-order valence-electron chi connectivity index (χ1n) is 5.83. The summed E-state index contributed by atoms with van der Waals surface area (Å²) < 4.78 is 5.18. The summed E-state index contributed by atoms with van der Waals surface area (Å²) in [6.45, 7) is 4.72. The summed E-state index contributed by atoms with van der Waals surface area (Å²) in [5, 5.41) is 2.78. The van der Waals surface area contributed by atoms with Gasteiger partial charge in [0.1, 0.15) is 6.10 Å². The van der Waals surface area contributed by atoms with Gasteiger partial charge < -0.3 is 15.0 Å². The minimum absolute atomic E-state index is 0.000853. The lowest BCUT2D eigenvalue weighted by Gasteiger charge is -2.12. The average Bonchev–Trinajstić information content (AvgIpc) is 3.00. The van der Waals surface area contributed by atoms with Gasteiger partial charge in [-0.3, -0.25) is 4.79 Å². The van der Waals surface area contributed by atoms with Crippen LogP contribution in [0, 0.1) is 5.92 Å². The van der Waals surface area contributed by atoms with Gasteiger partial charge in [-0.2, -0.15) is 0 Å². The van der Waals surface area contributed by atoms with Crippen molar-refractivity contribution in [1.29, 1.82) is 0 Å². The second-order valence-electron chi connectivity index (χ2n) is 4.79. The third-order valence-electron chi connectivity index (χ3n) is 2.92. The van der Waals surface area contributed by atoms with E-state index in [4.69, 9.17) is 4.74 Å².